The molecule has 11 heteroatoms. The molecule has 176 valence electrons. The molecule has 5 rings (SSSR count). The van der Waals surface area contributed by atoms with Crippen molar-refractivity contribution in [3.05, 3.63) is 53.8 Å². The second-order valence-corrected chi connectivity index (χ2v) is 9.27. The van der Waals surface area contributed by atoms with E-state index in [0.717, 1.165) is 24.7 Å². The number of anilines is 1. The summed E-state index contributed by atoms with van der Waals surface area (Å²) in [5.74, 6) is -0.382. The Labute approximate surface area is 188 Å². The van der Waals surface area contributed by atoms with Gasteiger partial charge < -0.3 is 10.6 Å². The second-order valence-electron chi connectivity index (χ2n) is 9.27. The maximum absolute atomic E-state index is 14.8. The molecule has 0 aromatic carbocycles. The molecule has 2 fully saturated rings. The molecule has 1 aliphatic carbocycles. The second kappa shape index (κ2) is 7.82. The Bertz CT molecular complexity index is 1160. The van der Waals surface area contributed by atoms with E-state index in [9.17, 15) is 17.6 Å². The molecule has 33 heavy (non-hydrogen) atoms. The van der Waals surface area contributed by atoms with Gasteiger partial charge in [0.05, 0.1) is 30.2 Å². The lowest BCUT2D eigenvalue weighted by Crippen LogP contribution is -2.24. The van der Waals surface area contributed by atoms with Gasteiger partial charge in [-0.05, 0) is 44.6 Å². The summed E-state index contributed by atoms with van der Waals surface area (Å²) in [4.78, 5) is 8.68. The van der Waals surface area contributed by atoms with E-state index < -0.39 is 17.7 Å². The van der Waals surface area contributed by atoms with Crippen LogP contribution in [0.25, 0.3) is 5.82 Å². The lowest BCUT2D eigenvalue weighted by molar-refractivity contribution is -0.141. The van der Waals surface area contributed by atoms with Crippen molar-refractivity contribution >= 4 is 5.69 Å². The maximum atomic E-state index is 14.8. The lowest BCUT2D eigenvalue weighted by Gasteiger charge is -2.16. The van der Waals surface area contributed by atoms with Crippen LogP contribution in [0.5, 0.6) is 0 Å². The number of nitrogens with zero attached hydrogens (tertiary/aromatic N) is 5. The summed E-state index contributed by atoms with van der Waals surface area (Å²) >= 11 is 0. The Morgan fingerprint density at radius 1 is 1.27 bits per heavy atom. The zero-order valence-electron chi connectivity index (χ0n) is 18.3. The fraction of sp³-hybridized carbons (Fsp3) is 0.500. The van der Waals surface area contributed by atoms with Gasteiger partial charge in [0.15, 0.2) is 17.3 Å². The Morgan fingerprint density at radius 3 is 2.70 bits per heavy atom. The highest BCUT2D eigenvalue weighted by molar-refractivity contribution is 5.45. The van der Waals surface area contributed by atoms with Crippen molar-refractivity contribution in [2.75, 3.05) is 11.9 Å². The molecule has 0 amide bonds. The van der Waals surface area contributed by atoms with Gasteiger partial charge in [0.1, 0.15) is 6.33 Å². The average Bonchev–Trinajstić information content (AvgIpc) is 3.07. The van der Waals surface area contributed by atoms with Gasteiger partial charge >= 0.3 is 6.18 Å². The fourth-order valence-corrected chi connectivity index (χ4v) is 4.44. The number of halogens is 4. The third-order valence-corrected chi connectivity index (χ3v) is 6.48. The van der Waals surface area contributed by atoms with Crippen LogP contribution >= 0.6 is 0 Å². The molecule has 4 heterocycles. The van der Waals surface area contributed by atoms with Crippen LogP contribution in [-0.2, 0) is 12.7 Å². The monoisotopic (exact) mass is 463 g/mol. The third kappa shape index (κ3) is 4.46. The van der Waals surface area contributed by atoms with Gasteiger partial charge in [-0.3, -0.25) is 9.25 Å². The Kier molecular flexibility index (Phi) is 5.19. The highest BCUT2D eigenvalue weighted by Crippen LogP contribution is 2.54. The predicted molar refractivity (Wildman–Crippen MR) is 113 cm³/mol. The minimum atomic E-state index is -4.49. The zero-order valence-corrected chi connectivity index (χ0v) is 18.3. The van der Waals surface area contributed by atoms with Gasteiger partial charge in [0.2, 0.25) is 0 Å². The highest BCUT2D eigenvalue weighted by Gasteiger charge is 2.48. The number of hydrogen-bond donors (Lipinski definition) is 2. The van der Waals surface area contributed by atoms with Gasteiger partial charge in [0, 0.05) is 30.5 Å². The number of hydrogen-bond acceptors (Lipinski definition) is 5. The minimum Gasteiger partial charge on any atom is -0.379 e. The number of aromatic nitrogens is 5. The number of nitrogens with one attached hydrogen (secondary N) is 2. The Morgan fingerprint density at radius 2 is 2.06 bits per heavy atom. The largest absolute Gasteiger partial charge is 0.435 e. The van der Waals surface area contributed by atoms with Crippen LogP contribution in [0, 0.1) is 18.2 Å². The number of imidazole rings is 1. The minimum absolute atomic E-state index is 0.142. The van der Waals surface area contributed by atoms with Gasteiger partial charge in [0.25, 0.3) is 0 Å². The average molecular weight is 463 g/mol. The van der Waals surface area contributed by atoms with E-state index in [-0.39, 0.29) is 24.4 Å². The number of alkyl halides is 3. The normalized spacial score (nSPS) is 20.4. The third-order valence-electron chi connectivity index (χ3n) is 6.48. The van der Waals surface area contributed by atoms with E-state index in [4.69, 9.17) is 0 Å². The quantitative estimate of drug-likeness (QED) is 0.535. The Hall–Kier alpha value is -2.95. The van der Waals surface area contributed by atoms with Gasteiger partial charge in [-0.15, -0.1) is 0 Å². The molecule has 0 bridgehead atoms. The van der Waals surface area contributed by atoms with Crippen LogP contribution in [-0.4, -0.2) is 36.9 Å². The molecule has 7 nitrogen and oxygen atoms in total. The van der Waals surface area contributed by atoms with E-state index >= 15 is 0 Å². The first-order valence-electron chi connectivity index (χ1n) is 10.9. The van der Waals surface area contributed by atoms with Crippen LogP contribution in [0.3, 0.4) is 0 Å². The van der Waals surface area contributed by atoms with Crippen molar-refractivity contribution in [3.63, 3.8) is 0 Å². The molecule has 2 aliphatic rings. The molecule has 1 saturated heterocycles. The summed E-state index contributed by atoms with van der Waals surface area (Å²) in [7, 11) is 0. The number of pyridine rings is 1. The molecular weight excluding hydrogens is 438 g/mol. The number of aryl methyl sites for hydroxylation is 1. The highest BCUT2D eigenvalue weighted by atomic mass is 19.4. The molecule has 2 unspecified atom stereocenters. The van der Waals surface area contributed by atoms with Crippen LogP contribution in [0.2, 0.25) is 0 Å². The summed E-state index contributed by atoms with van der Waals surface area (Å²) in [6.45, 7) is 4.54. The van der Waals surface area contributed by atoms with E-state index in [1.807, 2.05) is 0 Å². The van der Waals surface area contributed by atoms with Crippen LogP contribution < -0.4 is 10.6 Å². The summed E-state index contributed by atoms with van der Waals surface area (Å²) in [5, 5.41) is 10.2. The van der Waals surface area contributed by atoms with Crippen molar-refractivity contribution in [1.29, 1.82) is 0 Å². The van der Waals surface area contributed by atoms with Crippen molar-refractivity contribution in [3.8, 4) is 5.82 Å². The van der Waals surface area contributed by atoms with Gasteiger partial charge in [-0.1, -0.05) is 0 Å². The first-order valence-corrected chi connectivity index (χ1v) is 10.9. The Balaban J connectivity index is 1.24. The van der Waals surface area contributed by atoms with Crippen molar-refractivity contribution in [1.82, 2.24) is 29.6 Å². The molecular formula is C22H25F4N7. The molecule has 2 atom stereocenters. The van der Waals surface area contributed by atoms with Crippen LogP contribution in [0.4, 0.5) is 23.2 Å². The van der Waals surface area contributed by atoms with E-state index in [0.29, 0.717) is 16.8 Å². The van der Waals surface area contributed by atoms with Gasteiger partial charge in [-0.2, -0.15) is 18.3 Å². The topological polar surface area (TPSA) is 72.6 Å². The molecule has 3 aromatic rings. The smallest absolute Gasteiger partial charge is 0.379 e. The van der Waals surface area contributed by atoms with E-state index in [1.54, 1.807) is 30.9 Å². The van der Waals surface area contributed by atoms with Crippen molar-refractivity contribution < 1.29 is 17.6 Å². The van der Waals surface area contributed by atoms with Crippen molar-refractivity contribution in [2.45, 2.75) is 57.9 Å². The first kappa shape index (κ1) is 21.9. The van der Waals surface area contributed by atoms with E-state index in [1.165, 1.54) is 29.8 Å². The van der Waals surface area contributed by atoms with Crippen LogP contribution in [0.15, 0.2) is 30.9 Å². The van der Waals surface area contributed by atoms with E-state index in [2.05, 4.69) is 25.7 Å². The summed E-state index contributed by atoms with van der Waals surface area (Å²) < 4.78 is 56.3. The molecule has 3 aromatic heterocycles. The van der Waals surface area contributed by atoms with Gasteiger partial charge in [-0.25, -0.2) is 14.4 Å². The predicted octanol–water partition coefficient (Wildman–Crippen LogP) is 4.25. The first-order chi connectivity index (χ1) is 15.6. The SMILES string of the molecule is Cc1cc(C(F)(F)F)nn1CC(C)Nc1cnc(-n2cnc(C3CC4(CC4)CN3)c2)c(F)c1. The number of rotatable bonds is 6. The summed E-state index contributed by atoms with van der Waals surface area (Å²) in [6, 6.07) is 2.21. The zero-order chi connectivity index (χ0) is 23.4. The standard InChI is InChI=1S/C22H25F4N7/c1-13(9-33-14(2)5-19(31-33)22(24,25)26)30-15-6-16(23)20(27-8-15)32-10-18(29-12-32)17-7-21(3-4-21)11-28-17/h5-6,8,10,12-13,17,28,30H,3-4,7,9,11H2,1-2H3. The molecule has 1 aliphatic heterocycles. The fourth-order valence-electron chi connectivity index (χ4n) is 4.44. The lowest BCUT2D eigenvalue weighted by atomic mass is 10.0. The van der Waals surface area contributed by atoms with Crippen LogP contribution in [0.1, 0.15) is 49.3 Å². The molecule has 2 N–H and O–H groups in total. The maximum Gasteiger partial charge on any atom is 0.435 e. The summed E-state index contributed by atoms with van der Waals surface area (Å²) in [5.41, 5.74) is 1.21. The molecule has 1 saturated carbocycles. The molecule has 0 radical (unpaired) electrons. The van der Waals surface area contributed by atoms with Crippen molar-refractivity contribution in [2.24, 2.45) is 5.41 Å². The summed E-state index contributed by atoms with van der Waals surface area (Å²) in [6.07, 6.45) is 3.94. The molecule has 1 spiro atoms.